The quantitative estimate of drug-likeness (QED) is 0.379. The number of hydrogen-bond donors (Lipinski definition) is 3. The zero-order valence-electron chi connectivity index (χ0n) is 19.1. The smallest absolute Gasteiger partial charge is 0.274 e. The number of piperidine rings is 1. The van der Waals surface area contributed by atoms with Gasteiger partial charge in [-0.05, 0) is 37.0 Å². The molecule has 1 aliphatic heterocycles. The molecule has 0 spiro atoms. The molecule has 0 aliphatic carbocycles. The maximum atomic E-state index is 13.6. The summed E-state index contributed by atoms with van der Waals surface area (Å²) >= 11 is 6.31. The number of carbonyl (C=O) groups is 2. The first-order chi connectivity index (χ1) is 16.9. The molecule has 3 aromatic heterocycles. The van der Waals surface area contributed by atoms with Crippen molar-refractivity contribution in [2.24, 2.45) is 11.7 Å². The van der Waals surface area contributed by atoms with Crippen molar-refractivity contribution in [3.63, 3.8) is 0 Å². The number of hydrogen-bond acceptors (Lipinski definition) is 5. The Kier molecular flexibility index (Phi) is 6.17. The predicted octanol–water partition coefficient (Wildman–Crippen LogP) is 3.56. The van der Waals surface area contributed by atoms with Crippen LogP contribution in [0.15, 0.2) is 48.8 Å². The number of benzene rings is 1. The van der Waals surface area contributed by atoms with Crippen LogP contribution in [0.1, 0.15) is 28.9 Å². The Hall–Kier alpha value is -3.85. The second-order valence-electron chi connectivity index (χ2n) is 8.71. The molecule has 0 saturated carbocycles. The fourth-order valence-electron chi connectivity index (χ4n) is 4.78. The highest BCUT2D eigenvalue weighted by molar-refractivity contribution is 6.33. The highest BCUT2D eigenvalue weighted by atomic mass is 35.5. The van der Waals surface area contributed by atoms with Crippen LogP contribution in [0.25, 0.3) is 22.2 Å². The Morgan fingerprint density at radius 1 is 1.29 bits per heavy atom. The molecule has 1 aliphatic rings. The van der Waals surface area contributed by atoms with Gasteiger partial charge in [-0.15, -0.1) is 0 Å². The van der Waals surface area contributed by atoms with Gasteiger partial charge in [0.25, 0.3) is 5.91 Å². The summed E-state index contributed by atoms with van der Waals surface area (Å²) in [5.74, 6) is -0.409. The molecule has 0 radical (unpaired) electrons. The van der Waals surface area contributed by atoms with Crippen molar-refractivity contribution < 1.29 is 14.3 Å². The number of pyridine rings is 1. The van der Waals surface area contributed by atoms with Gasteiger partial charge in [-0.3, -0.25) is 14.7 Å². The van der Waals surface area contributed by atoms with Crippen LogP contribution in [0.2, 0.25) is 5.02 Å². The van der Waals surface area contributed by atoms with Crippen LogP contribution >= 0.6 is 11.6 Å². The summed E-state index contributed by atoms with van der Waals surface area (Å²) in [6, 6.07) is 11.2. The zero-order valence-corrected chi connectivity index (χ0v) is 19.9. The summed E-state index contributed by atoms with van der Waals surface area (Å²) in [6.07, 6.45) is 5.09. The van der Waals surface area contributed by atoms with Gasteiger partial charge in [-0.1, -0.05) is 29.8 Å². The normalized spacial score (nSPS) is 18.1. The molecule has 35 heavy (non-hydrogen) atoms. The van der Waals surface area contributed by atoms with E-state index in [0.717, 1.165) is 16.5 Å². The largest absolute Gasteiger partial charge is 0.481 e. The number of methoxy groups -OCH3 is 1. The van der Waals surface area contributed by atoms with E-state index in [0.29, 0.717) is 48.0 Å². The fourth-order valence-corrected chi connectivity index (χ4v) is 4.98. The van der Waals surface area contributed by atoms with Gasteiger partial charge in [0.2, 0.25) is 11.8 Å². The first-order valence-electron chi connectivity index (χ1n) is 11.3. The summed E-state index contributed by atoms with van der Waals surface area (Å²) < 4.78 is 5.19. The molecule has 5 rings (SSSR count). The number of halogens is 1. The highest BCUT2D eigenvalue weighted by Crippen LogP contribution is 2.31. The van der Waals surface area contributed by atoms with Crippen LogP contribution in [0.5, 0.6) is 5.88 Å². The third kappa shape index (κ3) is 4.46. The Labute approximate surface area is 206 Å². The van der Waals surface area contributed by atoms with E-state index in [-0.39, 0.29) is 29.5 Å². The number of H-pyrrole nitrogens is 2. The minimum absolute atomic E-state index is 0.197. The second-order valence-corrected chi connectivity index (χ2v) is 9.12. The average molecular weight is 493 g/mol. The number of ether oxygens (including phenoxy) is 1. The van der Waals surface area contributed by atoms with Crippen LogP contribution in [-0.4, -0.2) is 56.6 Å². The predicted molar refractivity (Wildman–Crippen MR) is 132 cm³/mol. The maximum absolute atomic E-state index is 13.6. The summed E-state index contributed by atoms with van der Waals surface area (Å²) in [6.45, 7) is 0.422. The molecule has 2 amide bonds. The summed E-state index contributed by atoms with van der Waals surface area (Å²) in [7, 11) is 1.52. The number of primary amides is 1. The van der Waals surface area contributed by atoms with E-state index in [9.17, 15) is 9.59 Å². The standard InChI is InChI=1S/C25H25ClN6O3/c1-35-23-10-18(19(26)13-29-23)21-11-22(31-30-21)25(34)32-7-6-14(24(27)33)8-16(32)9-15-12-28-20-5-3-2-4-17(15)20/h2-5,10-14,16,28H,6-9H2,1H3,(H2,27,33)(H,30,31). The monoisotopic (exact) mass is 492 g/mol. The fraction of sp³-hybridized carbons (Fsp3) is 0.280. The topological polar surface area (TPSA) is 130 Å². The van der Waals surface area contributed by atoms with E-state index in [2.05, 4.69) is 26.2 Å². The summed E-state index contributed by atoms with van der Waals surface area (Å²) in [4.78, 5) is 34.7. The minimum Gasteiger partial charge on any atom is -0.481 e. The zero-order chi connectivity index (χ0) is 24.5. The van der Waals surface area contributed by atoms with Crippen molar-refractivity contribution in [1.82, 2.24) is 25.1 Å². The van der Waals surface area contributed by atoms with Crippen LogP contribution in [0.3, 0.4) is 0 Å². The Morgan fingerprint density at radius 2 is 2.11 bits per heavy atom. The molecule has 1 fully saturated rings. The lowest BCUT2D eigenvalue weighted by molar-refractivity contribution is -0.123. The molecule has 4 N–H and O–H groups in total. The first-order valence-corrected chi connectivity index (χ1v) is 11.7. The number of aromatic nitrogens is 4. The van der Waals surface area contributed by atoms with Crippen molar-refractivity contribution in [2.75, 3.05) is 13.7 Å². The molecule has 10 heteroatoms. The lowest BCUT2D eigenvalue weighted by Crippen LogP contribution is -2.49. The van der Waals surface area contributed by atoms with E-state index in [4.69, 9.17) is 22.1 Å². The molecule has 2 unspecified atom stereocenters. The number of fused-ring (bicyclic) bond motifs is 1. The van der Waals surface area contributed by atoms with E-state index in [1.807, 2.05) is 24.4 Å². The van der Waals surface area contributed by atoms with E-state index in [1.165, 1.54) is 13.3 Å². The molecule has 9 nitrogen and oxygen atoms in total. The maximum Gasteiger partial charge on any atom is 0.274 e. The average Bonchev–Trinajstić information content (AvgIpc) is 3.52. The number of carbonyl (C=O) groups excluding carboxylic acids is 2. The van der Waals surface area contributed by atoms with Crippen LogP contribution in [0, 0.1) is 5.92 Å². The van der Waals surface area contributed by atoms with Crippen LogP contribution < -0.4 is 10.5 Å². The van der Waals surface area contributed by atoms with E-state index in [1.54, 1.807) is 17.0 Å². The number of nitrogens with one attached hydrogen (secondary N) is 2. The van der Waals surface area contributed by atoms with Gasteiger partial charge in [0.05, 0.1) is 24.0 Å². The molecule has 180 valence electrons. The van der Waals surface area contributed by atoms with Gasteiger partial charge < -0.3 is 20.4 Å². The summed E-state index contributed by atoms with van der Waals surface area (Å²) in [5.41, 5.74) is 9.25. The Bertz CT molecular complexity index is 1400. The van der Waals surface area contributed by atoms with Gasteiger partial charge in [-0.2, -0.15) is 5.10 Å². The third-order valence-corrected chi connectivity index (χ3v) is 6.94. The van der Waals surface area contributed by atoms with Gasteiger partial charge >= 0.3 is 0 Å². The van der Waals surface area contributed by atoms with Crippen LogP contribution in [-0.2, 0) is 11.2 Å². The highest BCUT2D eigenvalue weighted by Gasteiger charge is 2.35. The van der Waals surface area contributed by atoms with E-state index >= 15 is 0 Å². The molecule has 1 saturated heterocycles. The third-order valence-electron chi connectivity index (χ3n) is 6.64. The van der Waals surface area contributed by atoms with Gasteiger partial charge in [0.15, 0.2) is 5.69 Å². The lowest BCUT2D eigenvalue weighted by Gasteiger charge is -2.38. The van der Waals surface area contributed by atoms with Crippen LogP contribution in [0.4, 0.5) is 0 Å². The number of nitrogens with zero attached hydrogens (tertiary/aromatic N) is 3. The number of amides is 2. The van der Waals surface area contributed by atoms with E-state index < -0.39 is 0 Å². The van der Waals surface area contributed by atoms with Crippen molar-refractivity contribution >= 4 is 34.3 Å². The number of aromatic amines is 2. The lowest BCUT2D eigenvalue weighted by atomic mass is 9.87. The molecule has 4 aromatic rings. The van der Waals surface area contributed by atoms with Gasteiger partial charge in [0.1, 0.15) is 0 Å². The number of likely N-dealkylation sites (tertiary alicyclic amines) is 1. The first kappa shape index (κ1) is 22.9. The van der Waals surface area contributed by atoms with Crippen molar-refractivity contribution in [3.8, 4) is 17.1 Å². The van der Waals surface area contributed by atoms with Crippen molar-refractivity contribution in [1.29, 1.82) is 0 Å². The molecule has 0 bridgehead atoms. The molecule has 4 heterocycles. The Morgan fingerprint density at radius 3 is 2.91 bits per heavy atom. The van der Waals surface area contributed by atoms with Gasteiger partial charge in [-0.25, -0.2) is 4.98 Å². The number of rotatable bonds is 6. The second kappa shape index (κ2) is 9.42. The Balaban J connectivity index is 1.43. The molecular formula is C25H25ClN6O3. The summed E-state index contributed by atoms with van der Waals surface area (Å²) in [5, 5.41) is 8.68. The minimum atomic E-state index is -0.329. The number of nitrogens with two attached hydrogens (primary N) is 1. The van der Waals surface area contributed by atoms with Gasteiger partial charge in [0, 0.05) is 47.2 Å². The van der Waals surface area contributed by atoms with Crippen molar-refractivity contribution in [3.05, 3.63) is 65.1 Å². The molecule has 1 aromatic carbocycles. The molecular weight excluding hydrogens is 468 g/mol. The van der Waals surface area contributed by atoms with Crippen molar-refractivity contribution in [2.45, 2.75) is 25.3 Å². The SMILES string of the molecule is COc1cc(-c2cc(C(=O)N3CCC(C(N)=O)CC3Cc3c[nH]c4ccccc34)n[nH]2)c(Cl)cn1. The molecule has 2 atom stereocenters. The number of para-hydroxylation sites is 1.